The second kappa shape index (κ2) is 3.79. The highest BCUT2D eigenvalue weighted by molar-refractivity contribution is 6.30. The molecule has 0 radical (unpaired) electrons. The van der Waals surface area contributed by atoms with Crippen molar-refractivity contribution >= 4 is 17.4 Å². The minimum atomic E-state index is -0.337. The maximum atomic E-state index is 13.7. The van der Waals surface area contributed by atoms with Crippen molar-refractivity contribution in [2.75, 3.05) is 5.73 Å². The van der Waals surface area contributed by atoms with E-state index in [1.54, 1.807) is 24.7 Å². The van der Waals surface area contributed by atoms with Crippen molar-refractivity contribution in [3.05, 3.63) is 34.6 Å². The van der Waals surface area contributed by atoms with Crippen LogP contribution in [0.3, 0.4) is 0 Å². The Morgan fingerprint density at radius 3 is 2.69 bits per heavy atom. The highest BCUT2D eigenvalue weighted by Gasteiger charge is 2.15. The fourth-order valence-corrected chi connectivity index (χ4v) is 1.88. The second-order valence-electron chi connectivity index (χ2n) is 3.61. The van der Waals surface area contributed by atoms with Gasteiger partial charge in [0.2, 0.25) is 0 Å². The number of hydrogen-bond donors (Lipinski definition) is 1. The smallest absolute Gasteiger partial charge is 0.149 e. The lowest BCUT2D eigenvalue weighted by molar-refractivity contribution is 0.628. The number of aromatic nitrogens is 2. The average molecular weight is 240 g/mol. The van der Waals surface area contributed by atoms with Gasteiger partial charge in [0.25, 0.3) is 0 Å². The third-order valence-electron chi connectivity index (χ3n) is 2.50. The summed E-state index contributed by atoms with van der Waals surface area (Å²) < 4.78 is 15.2. The molecule has 1 heterocycles. The van der Waals surface area contributed by atoms with Crippen LogP contribution in [-0.4, -0.2) is 9.78 Å². The molecule has 0 saturated carbocycles. The first-order valence-corrected chi connectivity index (χ1v) is 5.13. The van der Waals surface area contributed by atoms with E-state index in [1.165, 1.54) is 12.1 Å². The third kappa shape index (κ3) is 1.65. The standard InChI is InChI=1S/C11H11ClFN3/c1-6-10(16(2)15-11(6)14)8-5-7(12)3-4-9(8)13/h3-5H,1-2H3,(H2,14,15). The van der Waals surface area contributed by atoms with Crippen molar-refractivity contribution < 1.29 is 4.39 Å². The molecule has 1 aromatic heterocycles. The Balaban J connectivity index is 2.71. The molecule has 0 spiro atoms. The summed E-state index contributed by atoms with van der Waals surface area (Å²) in [5.74, 6) is 0.0624. The molecule has 0 aliphatic heterocycles. The number of nitrogens with two attached hydrogens (primary N) is 1. The minimum Gasteiger partial charge on any atom is -0.382 e. The van der Waals surface area contributed by atoms with Crippen LogP contribution >= 0.6 is 11.6 Å². The van der Waals surface area contributed by atoms with Crippen LogP contribution in [0.1, 0.15) is 5.56 Å². The summed E-state index contributed by atoms with van der Waals surface area (Å²) in [7, 11) is 1.72. The summed E-state index contributed by atoms with van der Waals surface area (Å²) in [4.78, 5) is 0. The van der Waals surface area contributed by atoms with Crippen molar-refractivity contribution in [1.29, 1.82) is 0 Å². The summed E-state index contributed by atoms with van der Waals surface area (Å²) in [6.45, 7) is 1.80. The normalized spacial score (nSPS) is 10.8. The topological polar surface area (TPSA) is 43.8 Å². The average Bonchev–Trinajstić information content (AvgIpc) is 2.46. The van der Waals surface area contributed by atoms with E-state index in [0.29, 0.717) is 22.1 Å². The highest BCUT2D eigenvalue weighted by Crippen LogP contribution is 2.30. The lowest BCUT2D eigenvalue weighted by Gasteiger charge is -2.05. The first kappa shape index (κ1) is 11.0. The number of hydrogen-bond acceptors (Lipinski definition) is 2. The van der Waals surface area contributed by atoms with E-state index >= 15 is 0 Å². The second-order valence-corrected chi connectivity index (χ2v) is 4.04. The van der Waals surface area contributed by atoms with Crippen LogP contribution in [0.5, 0.6) is 0 Å². The van der Waals surface area contributed by atoms with E-state index in [1.807, 2.05) is 0 Å². The quantitative estimate of drug-likeness (QED) is 0.832. The largest absolute Gasteiger partial charge is 0.382 e. The van der Waals surface area contributed by atoms with Gasteiger partial charge in [-0.2, -0.15) is 5.10 Å². The first-order valence-electron chi connectivity index (χ1n) is 4.75. The number of nitrogen functional groups attached to an aromatic ring is 1. The number of benzene rings is 1. The number of halogens is 2. The van der Waals surface area contributed by atoms with Crippen molar-refractivity contribution in [1.82, 2.24) is 9.78 Å². The van der Waals surface area contributed by atoms with E-state index in [4.69, 9.17) is 17.3 Å². The molecular weight excluding hydrogens is 229 g/mol. The minimum absolute atomic E-state index is 0.337. The zero-order chi connectivity index (χ0) is 11.9. The van der Waals surface area contributed by atoms with Gasteiger partial charge in [-0.3, -0.25) is 4.68 Å². The summed E-state index contributed by atoms with van der Waals surface area (Å²) in [5, 5.41) is 4.52. The zero-order valence-corrected chi connectivity index (χ0v) is 9.72. The molecule has 5 heteroatoms. The van der Waals surface area contributed by atoms with E-state index in [-0.39, 0.29) is 5.82 Å². The Morgan fingerprint density at radius 1 is 1.44 bits per heavy atom. The molecular formula is C11H11ClFN3. The van der Waals surface area contributed by atoms with Crippen LogP contribution in [0.4, 0.5) is 10.2 Å². The highest BCUT2D eigenvalue weighted by atomic mass is 35.5. The summed E-state index contributed by atoms with van der Waals surface area (Å²) >= 11 is 5.85. The predicted octanol–water partition coefficient (Wildman–Crippen LogP) is 2.77. The summed E-state index contributed by atoms with van der Waals surface area (Å²) in [6.07, 6.45) is 0. The van der Waals surface area contributed by atoms with E-state index < -0.39 is 0 Å². The molecule has 0 atom stereocenters. The Labute approximate surface area is 97.6 Å². The van der Waals surface area contributed by atoms with Crippen LogP contribution < -0.4 is 5.73 Å². The van der Waals surface area contributed by atoms with Gasteiger partial charge in [0.1, 0.15) is 11.6 Å². The molecule has 0 aliphatic rings. The predicted molar refractivity (Wildman–Crippen MR) is 62.8 cm³/mol. The van der Waals surface area contributed by atoms with Gasteiger partial charge in [-0.1, -0.05) is 11.6 Å². The van der Waals surface area contributed by atoms with Crippen LogP contribution in [0, 0.1) is 12.7 Å². The van der Waals surface area contributed by atoms with Gasteiger partial charge in [0.15, 0.2) is 0 Å². The lowest BCUT2D eigenvalue weighted by Crippen LogP contribution is -1.96. The van der Waals surface area contributed by atoms with Gasteiger partial charge < -0.3 is 5.73 Å². The van der Waals surface area contributed by atoms with Gasteiger partial charge in [-0.05, 0) is 25.1 Å². The fraction of sp³-hybridized carbons (Fsp3) is 0.182. The molecule has 0 unspecified atom stereocenters. The molecule has 0 bridgehead atoms. The zero-order valence-electron chi connectivity index (χ0n) is 8.96. The Kier molecular flexibility index (Phi) is 2.59. The van der Waals surface area contributed by atoms with Crippen LogP contribution in [-0.2, 0) is 7.05 Å². The van der Waals surface area contributed by atoms with E-state index in [9.17, 15) is 4.39 Å². The van der Waals surface area contributed by atoms with Crippen LogP contribution in [0.15, 0.2) is 18.2 Å². The molecule has 1 aromatic carbocycles. The molecule has 3 nitrogen and oxygen atoms in total. The van der Waals surface area contributed by atoms with Gasteiger partial charge in [-0.25, -0.2) is 4.39 Å². The molecule has 2 rings (SSSR count). The van der Waals surface area contributed by atoms with Gasteiger partial charge >= 0.3 is 0 Å². The summed E-state index contributed by atoms with van der Waals surface area (Å²) in [5.41, 5.74) is 7.50. The number of nitrogens with zero attached hydrogens (tertiary/aromatic N) is 2. The molecule has 0 amide bonds. The van der Waals surface area contributed by atoms with E-state index in [0.717, 1.165) is 5.56 Å². The van der Waals surface area contributed by atoms with Gasteiger partial charge in [0.05, 0.1) is 5.69 Å². The van der Waals surface area contributed by atoms with Gasteiger partial charge in [0, 0.05) is 23.2 Å². The van der Waals surface area contributed by atoms with Crippen molar-refractivity contribution in [2.45, 2.75) is 6.92 Å². The van der Waals surface area contributed by atoms with Crippen LogP contribution in [0.2, 0.25) is 5.02 Å². The molecule has 16 heavy (non-hydrogen) atoms. The summed E-state index contributed by atoms with van der Waals surface area (Å²) in [6, 6.07) is 4.41. The number of anilines is 1. The molecule has 84 valence electrons. The SMILES string of the molecule is Cc1c(N)nn(C)c1-c1cc(Cl)ccc1F. The first-order chi connectivity index (χ1) is 7.50. The fourth-order valence-electron chi connectivity index (χ4n) is 1.71. The molecule has 2 aromatic rings. The van der Waals surface area contributed by atoms with Crippen LogP contribution in [0.25, 0.3) is 11.3 Å². The lowest BCUT2D eigenvalue weighted by atomic mass is 10.1. The Hall–Kier alpha value is -1.55. The van der Waals surface area contributed by atoms with Crippen molar-refractivity contribution in [2.24, 2.45) is 7.05 Å². The Bertz CT molecular complexity index is 548. The molecule has 0 aliphatic carbocycles. The number of aryl methyl sites for hydroxylation is 1. The number of rotatable bonds is 1. The molecule has 2 N–H and O–H groups in total. The monoisotopic (exact) mass is 239 g/mol. The maximum absolute atomic E-state index is 13.7. The van der Waals surface area contributed by atoms with E-state index in [2.05, 4.69) is 5.10 Å². The molecule has 0 fully saturated rings. The third-order valence-corrected chi connectivity index (χ3v) is 2.74. The Morgan fingerprint density at radius 2 is 2.12 bits per heavy atom. The molecule has 0 saturated heterocycles. The maximum Gasteiger partial charge on any atom is 0.149 e. The van der Waals surface area contributed by atoms with Crippen molar-refractivity contribution in [3.8, 4) is 11.3 Å². The van der Waals surface area contributed by atoms with Crippen molar-refractivity contribution in [3.63, 3.8) is 0 Å². The van der Waals surface area contributed by atoms with Gasteiger partial charge in [-0.15, -0.1) is 0 Å².